The zero-order valence-corrected chi connectivity index (χ0v) is 21.8. The summed E-state index contributed by atoms with van der Waals surface area (Å²) < 4.78 is 14.5. The molecule has 0 radical (unpaired) electrons. The lowest BCUT2D eigenvalue weighted by Crippen LogP contribution is -2.41. The van der Waals surface area contributed by atoms with Gasteiger partial charge in [0.15, 0.2) is 11.6 Å². The van der Waals surface area contributed by atoms with Crippen LogP contribution >= 0.6 is 0 Å². The summed E-state index contributed by atoms with van der Waals surface area (Å²) in [5.74, 6) is -0.940. The summed E-state index contributed by atoms with van der Waals surface area (Å²) in [7, 11) is 0. The fourth-order valence-electron chi connectivity index (χ4n) is 4.65. The highest BCUT2D eigenvalue weighted by Gasteiger charge is 2.26. The summed E-state index contributed by atoms with van der Waals surface area (Å²) in [4.78, 5) is 32.3. The Kier molecular flexibility index (Phi) is 9.22. The zero-order chi connectivity index (χ0) is 27.7. The second-order valence-corrected chi connectivity index (χ2v) is 9.82. The van der Waals surface area contributed by atoms with Crippen LogP contribution in [0.25, 0.3) is 0 Å². The van der Waals surface area contributed by atoms with Crippen molar-refractivity contribution in [3.05, 3.63) is 73.2 Å². The molecule has 0 unspecified atom stereocenters. The van der Waals surface area contributed by atoms with Gasteiger partial charge in [0.25, 0.3) is 0 Å². The van der Waals surface area contributed by atoms with Gasteiger partial charge in [0.1, 0.15) is 0 Å². The van der Waals surface area contributed by atoms with E-state index in [1.165, 1.54) is 19.3 Å². The van der Waals surface area contributed by atoms with Crippen molar-refractivity contribution in [2.24, 2.45) is 5.73 Å². The predicted octanol–water partition coefficient (Wildman–Crippen LogP) is 6.00. The van der Waals surface area contributed by atoms with Gasteiger partial charge in [0, 0.05) is 34.7 Å². The van der Waals surface area contributed by atoms with Gasteiger partial charge in [-0.25, -0.2) is 9.37 Å². The van der Waals surface area contributed by atoms with Crippen LogP contribution in [0.3, 0.4) is 0 Å². The van der Waals surface area contributed by atoms with E-state index in [0.717, 1.165) is 38.0 Å². The average molecular weight is 532 g/mol. The second-order valence-electron chi connectivity index (χ2n) is 9.82. The number of halogens is 1. The van der Waals surface area contributed by atoms with Crippen LogP contribution in [0.2, 0.25) is 0 Å². The Morgan fingerprint density at radius 1 is 0.974 bits per heavy atom. The first-order valence-electron chi connectivity index (χ1n) is 13.1. The minimum Gasteiger partial charge on any atom is -0.338 e. The minimum atomic E-state index is -0.644. The number of hydrogen-bond donors (Lipinski definition) is 5. The van der Waals surface area contributed by atoms with Crippen LogP contribution in [0.4, 0.5) is 38.9 Å². The third kappa shape index (κ3) is 8.34. The van der Waals surface area contributed by atoms with Crippen LogP contribution in [0.15, 0.2) is 67.4 Å². The Hall–Kier alpha value is -4.31. The molecule has 2 aromatic carbocycles. The van der Waals surface area contributed by atoms with Crippen molar-refractivity contribution in [3.63, 3.8) is 0 Å². The molecule has 39 heavy (non-hydrogen) atoms. The van der Waals surface area contributed by atoms with Gasteiger partial charge in [-0.15, -0.1) is 0 Å². The van der Waals surface area contributed by atoms with E-state index in [1.54, 1.807) is 48.5 Å². The molecule has 1 aliphatic carbocycles. The smallest absolute Gasteiger partial charge is 0.247 e. The summed E-state index contributed by atoms with van der Waals surface area (Å²) in [6.45, 7) is 3.43. The van der Waals surface area contributed by atoms with E-state index < -0.39 is 5.82 Å². The van der Waals surface area contributed by atoms with E-state index >= 15 is 0 Å². The summed E-state index contributed by atoms with van der Waals surface area (Å²) in [5, 5.41) is 11.5. The molecule has 0 bridgehead atoms. The van der Waals surface area contributed by atoms with Gasteiger partial charge in [-0.2, -0.15) is 4.98 Å². The van der Waals surface area contributed by atoms with E-state index in [9.17, 15) is 14.0 Å². The van der Waals surface area contributed by atoms with Crippen molar-refractivity contribution in [1.29, 1.82) is 0 Å². The maximum atomic E-state index is 14.5. The third-order valence-corrected chi connectivity index (χ3v) is 6.65. The summed E-state index contributed by atoms with van der Waals surface area (Å²) in [6.07, 6.45) is 9.88. The van der Waals surface area contributed by atoms with Crippen LogP contribution in [0.1, 0.15) is 51.4 Å². The van der Waals surface area contributed by atoms with Crippen molar-refractivity contribution in [2.75, 3.05) is 21.3 Å². The number of benzene rings is 2. The third-order valence-electron chi connectivity index (χ3n) is 6.65. The number of anilines is 6. The van der Waals surface area contributed by atoms with E-state index in [1.807, 2.05) is 0 Å². The van der Waals surface area contributed by atoms with E-state index in [2.05, 4.69) is 37.8 Å². The lowest BCUT2D eigenvalue weighted by molar-refractivity contribution is -0.116. The molecule has 2 amide bonds. The van der Waals surface area contributed by atoms with Gasteiger partial charge in [-0.05, 0) is 68.2 Å². The molecule has 9 nitrogen and oxygen atoms in total. The number of rotatable bonds is 11. The summed E-state index contributed by atoms with van der Waals surface area (Å²) in [5.41, 5.74) is 8.66. The Bertz CT molecular complexity index is 1320. The molecule has 204 valence electrons. The largest absolute Gasteiger partial charge is 0.338 e. The zero-order valence-electron chi connectivity index (χ0n) is 21.8. The molecule has 0 atom stereocenters. The topological polar surface area (TPSA) is 134 Å². The van der Waals surface area contributed by atoms with Gasteiger partial charge in [-0.1, -0.05) is 38.0 Å². The van der Waals surface area contributed by atoms with Gasteiger partial charge >= 0.3 is 0 Å². The number of nitrogens with two attached hydrogens (primary N) is 1. The van der Waals surface area contributed by atoms with Crippen LogP contribution in [-0.4, -0.2) is 27.3 Å². The van der Waals surface area contributed by atoms with Crippen molar-refractivity contribution in [3.8, 4) is 0 Å². The molecule has 1 heterocycles. The molecule has 0 saturated heterocycles. The number of aromatic nitrogens is 2. The number of carbonyl (C=O) groups is 2. The first kappa shape index (κ1) is 27.7. The highest BCUT2D eigenvalue weighted by Crippen LogP contribution is 2.30. The number of amides is 2. The molecular weight excluding hydrogens is 497 g/mol. The standard InChI is InChI=1S/C29H34FN7O2/c1-2-25(38)33-20-9-6-11-22(17-20)35-27-24(30)19-32-28(37-27)36-23-12-7-10-21(18-23)34-26(39)13-8-16-29(31)14-4-3-5-15-29/h2,6-7,9-12,17-19H,1,3-5,8,13-16,31H2,(H,33,38)(H,34,39)(H2,32,35,36,37). The molecule has 1 aliphatic rings. The van der Waals surface area contributed by atoms with Crippen LogP contribution in [0, 0.1) is 5.82 Å². The first-order chi connectivity index (χ1) is 18.8. The van der Waals surface area contributed by atoms with Crippen LogP contribution in [0.5, 0.6) is 0 Å². The molecular formula is C29H34FN7O2. The lowest BCUT2D eigenvalue weighted by atomic mass is 9.79. The number of nitrogens with one attached hydrogen (secondary N) is 4. The Morgan fingerprint density at radius 2 is 1.62 bits per heavy atom. The number of carbonyl (C=O) groups excluding carboxylic acids is 2. The van der Waals surface area contributed by atoms with Crippen molar-refractivity contribution in [1.82, 2.24) is 9.97 Å². The maximum Gasteiger partial charge on any atom is 0.247 e. The van der Waals surface area contributed by atoms with Crippen LogP contribution < -0.4 is 27.0 Å². The quantitative estimate of drug-likeness (QED) is 0.192. The Morgan fingerprint density at radius 3 is 2.31 bits per heavy atom. The predicted molar refractivity (Wildman–Crippen MR) is 153 cm³/mol. The van der Waals surface area contributed by atoms with E-state index in [-0.39, 0.29) is 29.1 Å². The first-order valence-corrected chi connectivity index (χ1v) is 13.1. The van der Waals surface area contributed by atoms with Crippen LogP contribution in [-0.2, 0) is 9.59 Å². The van der Waals surface area contributed by atoms with E-state index in [4.69, 9.17) is 5.73 Å². The molecule has 6 N–H and O–H groups in total. The summed E-state index contributed by atoms with van der Waals surface area (Å²) >= 11 is 0. The maximum absolute atomic E-state index is 14.5. The molecule has 4 rings (SSSR count). The fraction of sp³-hybridized carbons (Fsp3) is 0.310. The van der Waals surface area contributed by atoms with Crippen molar-refractivity contribution >= 4 is 46.3 Å². The number of nitrogens with zero attached hydrogens (tertiary/aromatic N) is 2. The lowest BCUT2D eigenvalue weighted by Gasteiger charge is -2.33. The van der Waals surface area contributed by atoms with Gasteiger partial charge in [0.05, 0.1) is 6.20 Å². The highest BCUT2D eigenvalue weighted by molar-refractivity contribution is 5.99. The van der Waals surface area contributed by atoms with Crippen molar-refractivity contribution in [2.45, 2.75) is 56.9 Å². The normalized spacial score (nSPS) is 14.2. The Balaban J connectivity index is 1.34. The van der Waals surface area contributed by atoms with Gasteiger partial charge < -0.3 is 27.0 Å². The summed E-state index contributed by atoms with van der Waals surface area (Å²) in [6, 6.07) is 13.9. The molecule has 1 fully saturated rings. The molecule has 1 aromatic heterocycles. The molecule has 10 heteroatoms. The second kappa shape index (κ2) is 13.0. The number of hydrogen-bond acceptors (Lipinski definition) is 7. The Labute approximate surface area is 227 Å². The van der Waals surface area contributed by atoms with Crippen molar-refractivity contribution < 1.29 is 14.0 Å². The molecule has 3 aromatic rings. The van der Waals surface area contributed by atoms with E-state index in [0.29, 0.717) is 29.2 Å². The fourth-order valence-corrected chi connectivity index (χ4v) is 4.65. The molecule has 1 saturated carbocycles. The minimum absolute atomic E-state index is 0.0419. The van der Waals surface area contributed by atoms with Gasteiger partial charge in [0.2, 0.25) is 17.8 Å². The SMILES string of the molecule is C=CC(=O)Nc1cccc(Nc2nc(Nc3cccc(NC(=O)CCCC4(N)CCCCC4)c3)ncc2F)c1. The monoisotopic (exact) mass is 531 g/mol. The average Bonchev–Trinajstić information content (AvgIpc) is 2.91. The molecule has 0 aliphatic heterocycles. The van der Waals surface area contributed by atoms with Gasteiger partial charge in [-0.3, -0.25) is 9.59 Å². The molecule has 0 spiro atoms. The highest BCUT2D eigenvalue weighted by atomic mass is 19.1.